The van der Waals surface area contributed by atoms with Crippen LogP contribution >= 0.6 is 11.6 Å². The number of nitrogens with zero attached hydrogens (tertiary/aromatic N) is 1. The molecule has 1 saturated carbocycles. The fraction of sp³-hybridized carbons (Fsp3) is 0.481. The minimum absolute atomic E-state index is 0.119. The Morgan fingerprint density at radius 1 is 1.09 bits per heavy atom. The van der Waals surface area contributed by atoms with E-state index in [-0.39, 0.29) is 24.5 Å². The molecule has 1 atom stereocenters. The molecule has 2 aromatic rings. The summed E-state index contributed by atoms with van der Waals surface area (Å²) < 4.78 is 5.93. The zero-order valence-electron chi connectivity index (χ0n) is 20.1. The van der Waals surface area contributed by atoms with Crippen LogP contribution in [0.4, 0.5) is 0 Å². The summed E-state index contributed by atoms with van der Waals surface area (Å²) in [5.41, 5.74) is 4.13. The van der Waals surface area contributed by atoms with Gasteiger partial charge < -0.3 is 15.0 Å². The van der Waals surface area contributed by atoms with Crippen molar-refractivity contribution in [1.82, 2.24) is 10.2 Å². The van der Waals surface area contributed by atoms with E-state index >= 15 is 0 Å². The van der Waals surface area contributed by atoms with Gasteiger partial charge in [0.1, 0.15) is 11.8 Å². The van der Waals surface area contributed by atoms with Gasteiger partial charge in [-0.05, 0) is 81.0 Å². The second-order valence-electron chi connectivity index (χ2n) is 9.16. The lowest BCUT2D eigenvalue weighted by atomic mass is 9.95. The van der Waals surface area contributed by atoms with E-state index in [1.807, 2.05) is 39.0 Å². The minimum atomic E-state index is -0.612. The standard InChI is InChI=1S/C27H35ClN2O3/c1-18-14-19(2)20(3)25(15-18)33-17-26(31)30(16-22-10-12-23(28)13-11-22)21(4)27(32)29-24-8-6-5-7-9-24/h10-15,21,24H,5-9,16-17H2,1-4H3,(H,29,32). The molecular formula is C27H35ClN2O3. The molecule has 5 nitrogen and oxygen atoms in total. The molecule has 2 aromatic carbocycles. The Bertz CT molecular complexity index is 968. The molecule has 0 aliphatic heterocycles. The minimum Gasteiger partial charge on any atom is -0.483 e. The zero-order chi connectivity index (χ0) is 24.0. The van der Waals surface area contributed by atoms with Crippen molar-refractivity contribution in [2.75, 3.05) is 6.61 Å². The third-order valence-electron chi connectivity index (χ3n) is 6.50. The monoisotopic (exact) mass is 470 g/mol. The lowest BCUT2D eigenvalue weighted by Crippen LogP contribution is -2.51. The molecule has 2 amide bonds. The number of amides is 2. The molecule has 178 valence electrons. The molecule has 33 heavy (non-hydrogen) atoms. The van der Waals surface area contributed by atoms with Gasteiger partial charge in [0.05, 0.1) is 0 Å². The van der Waals surface area contributed by atoms with E-state index in [2.05, 4.69) is 11.4 Å². The Morgan fingerprint density at radius 2 is 1.76 bits per heavy atom. The van der Waals surface area contributed by atoms with E-state index < -0.39 is 6.04 Å². The van der Waals surface area contributed by atoms with Gasteiger partial charge in [-0.25, -0.2) is 0 Å². The van der Waals surface area contributed by atoms with Crippen molar-refractivity contribution in [2.24, 2.45) is 0 Å². The first-order valence-corrected chi connectivity index (χ1v) is 12.2. The van der Waals surface area contributed by atoms with Gasteiger partial charge in [-0.1, -0.05) is 49.1 Å². The van der Waals surface area contributed by atoms with E-state index in [0.717, 1.165) is 47.9 Å². The number of hydrogen-bond donors (Lipinski definition) is 1. The summed E-state index contributed by atoms with van der Waals surface area (Å²) in [6, 6.07) is 11.0. The van der Waals surface area contributed by atoms with Gasteiger partial charge in [-0.2, -0.15) is 0 Å². The van der Waals surface area contributed by atoms with Crippen LogP contribution in [0.1, 0.15) is 61.3 Å². The maximum Gasteiger partial charge on any atom is 0.261 e. The van der Waals surface area contributed by atoms with Crippen LogP contribution < -0.4 is 10.1 Å². The topological polar surface area (TPSA) is 58.6 Å². The number of halogens is 1. The summed E-state index contributed by atoms with van der Waals surface area (Å²) in [6.07, 6.45) is 5.49. The first-order valence-electron chi connectivity index (χ1n) is 11.8. The molecule has 0 spiro atoms. The predicted molar refractivity (Wildman–Crippen MR) is 133 cm³/mol. The quantitative estimate of drug-likeness (QED) is 0.553. The highest BCUT2D eigenvalue weighted by Gasteiger charge is 2.28. The largest absolute Gasteiger partial charge is 0.483 e. The highest BCUT2D eigenvalue weighted by atomic mass is 35.5. The number of aryl methyl sites for hydroxylation is 2. The molecule has 0 aromatic heterocycles. The third kappa shape index (κ3) is 6.97. The van der Waals surface area contributed by atoms with Gasteiger partial charge in [0.25, 0.3) is 5.91 Å². The molecule has 1 aliphatic carbocycles. The Morgan fingerprint density at radius 3 is 2.42 bits per heavy atom. The van der Waals surface area contributed by atoms with Crippen molar-refractivity contribution in [1.29, 1.82) is 0 Å². The average molecular weight is 471 g/mol. The summed E-state index contributed by atoms with van der Waals surface area (Å²) in [5.74, 6) is 0.355. The molecular weight excluding hydrogens is 436 g/mol. The lowest BCUT2D eigenvalue weighted by Gasteiger charge is -2.31. The lowest BCUT2D eigenvalue weighted by molar-refractivity contribution is -0.142. The second kappa shape index (κ2) is 11.6. The van der Waals surface area contributed by atoms with E-state index in [1.165, 1.54) is 6.42 Å². The summed E-state index contributed by atoms with van der Waals surface area (Å²) >= 11 is 6.03. The first-order chi connectivity index (χ1) is 15.7. The fourth-order valence-electron chi connectivity index (χ4n) is 4.31. The fourth-order valence-corrected chi connectivity index (χ4v) is 4.44. The van der Waals surface area contributed by atoms with Gasteiger partial charge in [-0.15, -0.1) is 0 Å². The van der Waals surface area contributed by atoms with E-state index in [0.29, 0.717) is 17.3 Å². The van der Waals surface area contributed by atoms with Crippen LogP contribution in [-0.2, 0) is 16.1 Å². The van der Waals surface area contributed by atoms with Crippen molar-refractivity contribution < 1.29 is 14.3 Å². The van der Waals surface area contributed by atoms with Crippen LogP contribution in [0.3, 0.4) is 0 Å². The maximum atomic E-state index is 13.3. The van der Waals surface area contributed by atoms with Gasteiger partial charge in [0.15, 0.2) is 6.61 Å². The Labute approximate surface area is 202 Å². The normalized spacial score (nSPS) is 15.1. The summed E-state index contributed by atoms with van der Waals surface area (Å²) in [5, 5.41) is 3.78. The molecule has 0 bridgehead atoms. The maximum absolute atomic E-state index is 13.3. The molecule has 1 unspecified atom stereocenters. The molecule has 1 aliphatic rings. The Kier molecular flexibility index (Phi) is 8.79. The Hall–Kier alpha value is -2.53. The van der Waals surface area contributed by atoms with Crippen molar-refractivity contribution in [3.63, 3.8) is 0 Å². The predicted octanol–water partition coefficient (Wildman–Crippen LogP) is 5.51. The van der Waals surface area contributed by atoms with Crippen molar-refractivity contribution in [2.45, 2.75) is 78.4 Å². The molecule has 3 rings (SSSR count). The molecule has 1 fully saturated rings. The molecule has 0 saturated heterocycles. The molecule has 1 N–H and O–H groups in total. The van der Waals surface area contributed by atoms with Gasteiger partial charge in [0.2, 0.25) is 5.91 Å². The molecule has 0 heterocycles. The molecule has 0 radical (unpaired) electrons. The van der Waals surface area contributed by atoms with Crippen molar-refractivity contribution >= 4 is 23.4 Å². The summed E-state index contributed by atoms with van der Waals surface area (Å²) in [7, 11) is 0. The van der Waals surface area contributed by atoms with Crippen LogP contribution in [0.2, 0.25) is 5.02 Å². The average Bonchev–Trinajstić information content (AvgIpc) is 2.80. The van der Waals surface area contributed by atoms with Crippen LogP contribution in [0.5, 0.6) is 5.75 Å². The number of nitrogens with one attached hydrogen (secondary N) is 1. The van der Waals surface area contributed by atoms with Crippen LogP contribution in [-0.4, -0.2) is 35.4 Å². The van der Waals surface area contributed by atoms with E-state index in [1.54, 1.807) is 24.0 Å². The number of hydrogen-bond acceptors (Lipinski definition) is 3. The van der Waals surface area contributed by atoms with E-state index in [4.69, 9.17) is 16.3 Å². The van der Waals surface area contributed by atoms with E-state index in [9.17, 15) is 9.59 Å². The van der Waals surface area contributed by atoms with Gasteiger partial charge >= 0.3 is 0 Å². The van der Waals surface area contributed by atoms with Crippen LogP contribution in [0.15, 0.2) is 36.4 Å². The number of ether oxygens (including phenoxy) is 1. The number of carbonyl (C=O) groups excluding carboxylic acids is 2. The highest BCUT2D eigenvalue weighted by Crippen LogP contribution is 2.24. The smallest absolute Gasteiger partial charge is 0.261 e. The summed E-state index contributed by atoms with van der Waals surface area (Å²) in [4.78, 5) is 28.0. The number of benzene rings is 2. The van der Waals surface area contributed by atoms with Crippen molar-refractivity contribution in [3.8, 4) is 5.75 Å². The number of rotatable bonds is 8. The second-order valence-corrected chi connectivity index (χ2v) is 9.60. The Balaban J connectivity index is 1.74. The zero-order valence-corrected chi connectivity index (χ0v) is 20.9. The first kappa shape index (κ1) is 25.1. The molecule has 6 heteroatoms. The van der Waals surface area contributed by atoms with Crippen molar-refractivity contribution in [3.05, 3.63) is 63.7 Å². The van der Waals surface area contributed by atoms with Crippen LogP contribution in [0, 0.1) is 20.8 Å². The highest BCUT2D eigenvalue weighted by molar-refractivity contribution is 6.30. The van der Waals surface area contributed by atoms with Gasteiger partial charge in [-0.3, -0.25) is 9.59 Å². The summed E-state index contributed by atoms with van der Waals surface area (Å²) in [6.45, 7) is 7.99. The van der Waals surface area contributed by atoms with Gasteiger partial charge in [0, 0.05) is 17.6 Å². The van der Waals surface area contributed by atoms with Crippen LogP contribution in [0.25, 0.3) is 0 Å². The number of carbonyl (C=O) groups is 2. The SMILES string of the molecule is Cc1cc(C)c(C)c(OCC(=O)N(Cc2ccc(Cl)cc2)C(C)C(=O)NC2CCCCC2)c1. The third-order valence-corrected chi connectivity index (χ3v) is 6.75.